The highest BCUT2D eigenvalue weighted by Gasteiger charge is 2.41. The molecule has 3 N–H and O–H groups in total. The van der Waals surface area contributed by atoms with Crippen LogP contribution in [0.5, 0.6) is 5.75 Å². The Balaban J connectivity index is 0.703. The summed E-state index contributed by atoms with van der Waals surface area (Å²) in [6, 6.07) is 12.9. The van der Waals surface area contributed by atoms with E-state index in [2.05, 4.69) is 25.8 Å². The van der Waals surface area contributed by atoms with Crippen molar-refractivity contribution in [1.29, 1.82) is 0 Å². The fourth-order valence-corrected chi connectivity index (χ4v) is 12.8. The van der Waals surface area contributed by atoms with Crippen molar-refractivity contribution in [1.82, 2.24) is 54.1 Å². The highest BCUT2D eigenvalue weighted by atomic mass is 32.1. The van der Waals surface area contributed by atoms with E-state index in [0.29, 0.717) is 70.3 Å². The number of ether oxygens (including phenoxy) is 3. The molecule has 1 saturated carbocycles. The van der Waals surface area contributed by atoms with Gasteiger partial charge in [0.1, 0.15) is 52.2 Å². The molecule has 7 aromatic rings. The minimum atomic E-state index is -0.888. The molecule has 7 heterocycles. The number of aliphatic hydroxyl groups is 1. The number of halogens is 1. The maximum absolute atomic E-state index is 15.6. The van der Waals surface area contributed by atoms with E-state index in [4.69, 9.17) is 19.2 Å². The molecule has 2 aromatic carbocycles. The lowest BCUT2D eigenvalue weighted by atomic mass is 9.83. The summed E-state index contributed by atoms with van der Waals surface area (Å²) < 4.78 is 37.0. The third-order valence-electron chi connectivity index (χ3n) is 17.0. The summed E-state index contributed by atoms with van der Waals surface area (Å²) in [5.41, 5.74) is 1.19. The molecule has 0 bridgehead atoms. The molecule has 0 unspecified atom stereocenters. The minimum Gasteiger partial charge on any atom is -0.491 e. The summed E-state index contributed by atoms with van der Waals surface area (Å²) in [5.74, 6) is -0.979. The van der Waals surface area contributed by atoms with Gasteiger partial charge in [0, 0.05) is 73.1 Å². The number of ketones is 1. The summed E-state index contributed by atoms with van der Waals surface area (Å²) in [6.45, 7) is 14.2. The Kier molecular flexibility index (Phi) is 19.7. The van der Waals surface area contributed by atoms with E-state index in [9.17, 15) is 38.7 Å². The lowest BCUT2D eigenvalue weighted by Crippen LogP contribution is -2.56. The zero-order chi connectivity index (χ0) is 65.1. The number of anilines is 2. The number of hydrogen-bond acceptors (Lipinski definition) is 17. The Morgan fingerprint density at radius 3 is 2.44 bits per heavy atom. The van der Waals surface area contributed by atoms with Crippen molar-refractivity contribution in [2.45, 2.75) is 149 Å². The molecule has 1 aliphatic carbocycles. The molecule has 4 amide bonds. The van der Waals surface area contributed by atoms with Gasteiger partial charge in [0.25, 0.3) is 11.1 Å². The summed E-state index contributed by atoms with van der Waals surface area (Å²) in [5, 5.41) is 28.5. The molecule has 3 aliphatic rings. The van der Waals surface area contributed by atoms with Crippen LogP contribution in [0.15, 0.2) is 88.2 Å². The van der Waals surface area contributed by atoms with Gasteiger partial charge in [-0.05, 0) is 112 Å². The Labute approximate surface area is 530 Å². The quantitative estimate of drug-likeness (QED) is 0.0477. The molecule has 10 rings (SSSR count). The van der Waals surface area contributed by atoms with Gasteiger partial charge in [0.2, 0.25) is 23.5 Å². The largest absolute Gasteiger partial charge is 0.491 e. The molecular formula is C66H79FN12O11S. The third-order valence-corrected chi connectivity index (χ3v) is 17.9. The number of aryl methyl sites for hydroxylation is 1. The van der Waals surface area contributed by atoms with Gasteiger partial charge in [0.05, 0.1) is 62.6 Å². The van der Waals surface area contributed by atoms with Gasteiger partial charge in [-0.25, -0.2) is 19.2 Å². The van der Waals surface area contributed by atoms with E-state index in [1.54, 1.807) is 109 Å². The van der Waals surface area contributed by atoms with Gasteiger partial charge in [-0.3, -0.25) is 38.3 Å². The van der Waals surface area contributed by atoms with E-state index in [1.807, 2.05) is 20.8 Å². The number of benzene rings is 2. The molecule has 25 heteroatoms. The third kappa shape index (κ3) is 14.7. The van der Waals surface area contributed by atoms with E-state index in [-0.39, 0.29) is 101 Å². The first kappa shape index (κ1) is 65.3. The van der Waals surface area contributed by atoms with E-state index in [0.717, 1.165) is 48.9 Å². The molecule has 0 radical (unpaired) electrons. The van der Waals surface area contributed by atoms with Crippen LogP contribution in [-0.2, 0) is 56.0 Å². The maximum atomic E-state index is 15.6. The average Bonchev–Trinajstić information content (AvgIpc) is 1.44. The Morgan fingerprint density at radius 1 is 0.912 bits per heavy atom. The topological polar surface area (TPSA) is 268 Å². The number of carbonyl (C=O) groups excluding carboxylic acids is 5. The first-order valence-corrected chi connectivity index (χ1v) is 31.8. The first-order valence-electron chi connectivity index (χ1n) is 30.9. The van der Waals surface area contributed by atoms with Gasteiger partial charge in [-0.1, -0.05) is 52.2 Å². The summed E-state index contributed by atoms with van der Waals surface area (Å²) in [7, 11) is 3.09. The SMILES string of the molecule is C[C@@H](C(=O)N[C@H](C(=O)N1CCC[C@H]1c1nc(C(=O)c2cccc(OCCOCCC(=O)N3CCn4nc(Nc5cc(-c6ccnc(-n7ncc8cc(C(C)(C)C)cc(F)c8c7=O)c6CO)cn(C)c5=O)cc4C3)c2)cs1)C1CCCCC1)N(C)C(=O)OC(C)(C)C. The highest BCUT2D eigenvalue weighted by molar-refractivity contribution is 7.10. The average molecular weight is 1270 g/mol. The van der Waals surface area contributed by atoms with E-state index in [1.165, 1.54) is 46.3 Å². The van der Waals surface area contributed by atoms with Crippen molar-refractivity contribution in [2.24, 2.45) is 13.0 Å². The molecule has 91 heavy (non-hydrogen) atoms. The zero-order valence-corrected chi connectivity index (χ0v) is 53.7. The fourth-order valence-electron chi connectivity index (χ4n) is 11.8. The number of likely N-dealkylation sites (N-methyl/N-ethyl adjacent to an activating group) is 1. The molecule has 482 valence electrons. The second-order valence-corrected chi connectivity index (χ2v) is 26.5. The lowest BCUT2D eigenvalue weighted by molar-refractivity contribution is -0.140. The van der Waals surface area contributed by atoms with Crippen molar-refractivity contribution >= 4 is 63.2 Å². The number of likely N-dealkylation sites (tertiary alicyclic amines) is 1. The maximum Gasteiger partial charge on any atom is 0.410 e. The number of amides is 4. The first-order chi connectivity index (χ1) is 43.4. The number of nitrogens with zero attached hydrogens (tertiary/aromatic N) is 10. The molecule has 23 nitrogen and oxygen atoms in total. The van der Waals surface area contributed by atoms with Crippen molar-refractivity contribution in [2.75, 3.05) is 45.3 Å². The number of rotatable bonds is 20. The van der Waals surface area contributed by atoms with Crippen LogP contribution in [0.25, 0.3) is 27.7 Å². The molecular weight excluding hydrogens is 1190 g/mol. The second kappa shape index (κ2) is 27.4. The smallest absolute Gasteiger partial charge is 0.410 e. The molecule has 1 saturated heterocycles. The van der Waals surface area contributed by atoms with E-state index >= 15 is 4.39 Å². The van der Waals surface area contributed by atoms with E-state index < -0.39 is 47.7 Å². The summed E-state index contributed by atoms with van der Waals surface area (Å²) in [4.78, 5) is 110. The number of pyridine rings is 2. The molecule has 2 fully saturated rings. The van der Waals surface area contributed by atoms with Crippen LogP contribution in [0.4, 0.5) is 20.7 Å². The molecule has 3 atom stereocenters. The summed E-state index contributed by atoms with van der Waals surface area (Å²) >= 11 is 1.32. The van der Waals surface area contributed by atoms with Crippen molar-refractivity contribution in [3.63, 3.8) is 0 Å². The van der Waals surface area contributed by atoms with Gasteiger partial charge >= 0.3 is 6.09 Å². The fraction of sp³-hybridized carbons (Fsp3) is 0.470. The molecule has 2 aliphatic heterocycles. The number of hydrogen-bond donors (Lipinski definition) is 3. The van der Waals surface area contributed by atoms with Gasteiger partial charge in [0.15, 0.2) is 11.6 Å². The van der Waals surface area contributed by atoms with Crippen LogP contribution in [-0.4, -0.2) is 141 Å². The molecule has 0 spiro atoms. The monoisotopic (exact) mass is 1270 g/mol. The van der Waals surface area contributed by atoms with Crippen LogP contribution in [0, 0.1) is 11.7 Å². The van der Waals surface area contributed by atoms with Crippen molar-refractivity contribution in [3.8, 4) is 22.7 Å². The van der Waals surface area contributed by atoms with Crippen LogP contribution < -0.4 is 26.5 Å². The Bertz CT molecular complexity index is 4010. The predicted molar refractivity (Wildman–Crippen MR) is 340 cm³/mol. The number of fused-ring (bicyclic) bond motifs is 2. The van der Waals surface area contributed by atoms with Gasteiger partial charge < -0.3 is 44.3 Å². The number of carbonyl (C=O) groups is 5. The standard InChI is InChI=1S/C66H79FN12O11S/c1-39(75(9)64(87)90-66(5,6)7)59(83)72-56(40-15-11-10-12-16-40)63(86)77-23-14-19-52(77)60-71-51(38-91-60)57(82)41-17-13-18-46(30-41)89-28-27-88-26-21-54(81)76-24-25-78-45(36-76)33-53(73-78)70-50-31-43(35-74(8)61(50)84)47-20-22-68-58(48(47)37-80)79-62(85)55-42(34-69-79)29-44(32-49(55)67)65(2,3)4/h13,17-18,20,22,29-35,38-40,52,56,80H,10-12,14-16,19,21,23-28,36-37H2,1-9H3,(H,70,73)(H,72,83)/t39-,52-,56-/m0/s1. The Morgan fingerprint density at radius 2 is 1.69 bits per heavy atom. The van der Waals surface area contributed by atoms with Gasteiger partial charge in [-0.15, -0.1) is 11.3 Å². The zero-order valence-electron chi connectivity index (χ0n) is 52.9. The number of aromatic nitrogens is 7. The van der Waals surface area contributed by atoms with Gasteiger partial charge in [-0.2, -0.15) is 14.9 Å². The second-order valence-electron chi connectivity index (χ2n) is 25.6. The van der Waals surface area contributed by atoms with Crippen LogP contribution in [0.2, 0.25) is 0 Å². The normalized spacial score (nSPS) is 16.1. The van der Waals surface area contributed by atoms with Crippen LogP contribution in [0.3, 0.4) is 0 Å². The van der Waals surface area contributed by atoms with Crippen LogP contribution in [0.1, 0.15) is 144 Å². The minimum absolute atomic E-state index is 0.00405. The van der Waals surface area contributed by atoms with Crippen LogP contribution >= 0.6 is 11.3 Å². The number of aliphatic hydroxyl groups excluding tert-OH is 1. The Hall–Kier alpha value is -8.68. The summed E-state index contributed by atoms with van der Waals surface area (Å²) in [6.07, 6.45) is 9.87. The molecule has 5 aromatic heterocycles. The van der Waals surface area contributed by atoms with Crippen molar-refractivity contribution in [3.05, 3.63) is 138 Å². The highest BCUT2D eigenvalue weighted by Crippen LogP contribution is 2.38. The lowest BCUT2D eigenvalue weighted by Gasteiger charge is -2.36. The predicted octanol–water partition coefficient (Wildman–Crippen LogP) is 8.51. The number of nitrogens with one attached hydrogen (secondary N) is 2. The number of thiazole rings is 1. The van der Waals surface area contributed by atoms with Crippen molar-refractivity contribution < 1.29 is 47.7 Å².